The Labute approximate surface area is 106 Å². The zero-order valence-corrected chi connectivity index (χ0v) is 11.1. The van der Waals surface area contributed by atoms with Gasteiger partial charge in [0.1, 0.15) is 0 Å². The molecule has 14 heavy (non-hydrogen) atoms. The standard InChI is InChI=1S/C10H14O2.Na.H2O/c1-10(2,3)7-4-5-8(11)9(12)6-7;;/h4-6,11-12H,1-3H3;;1H2/q;+1;/p-1. The number of hydrogen-bond donors (Lipinski definition) is 2. The summed E-state index contributed by atoms with van der Waals surface area (Å²) < 4.78 is 0. The molecule has 0 fully saturated rings. The third kappa shape index (κ3) is 3.88. The van der Waals surface area contributed by atoms with Gasteiger partial charge in [-0.25, -0.2) is 0 Å². The predicted molar refractivity (Wildman–Crippen MR) is 50.4 cm³/mol. The van der Waals surface area contributed by atoms with Gasteiger partial charge in [0.2, 0.25) is 0 Å². The minimum Gasteiger partial charge on any atom is -0.870 e. The topological polar surface area (TPSA) is 70.5 Å². The van der Waals surface area contributed by atoms with Crippen molar-refractivity contribution in [1.82, 2.24) is 0 Å². The van der Waals surface area contributed by atoms with Crippen LogP contribution in [-0.2, 0) is 5.41 Å². The number of phenolic OH excluding ortho intramolecular Hbond substituents is 2. The first-order chi connectivity index (χ1) is 5.41. The quantitative estimate of drug-likeness (QED) is 0.432. The minimum atomic E-state index is -0.0667. The number of aromatic hydroxyl groups is 2. The molecule has 0 aliphatic heterocycles. The third-order valence-corrected chi connectivity index (χ3v) is 1.84. The van der Waals surface area contributed by atoms with Crippen LogP contribution in [0.3, 0.4) is 0 Å². The van der Waals surface area contributed by atoms with Gasteiger partial charge in [0, 0.05) is 0 Å². The fourth-order valence-corrected chi connectivity index (χ4v) is 0.990. The maximum absolute atomic E-state index is 9.21. The zero-order valence-electron chi connectivity index (χ0n) is 9.07. The SMILES string of the molecule is CC(C)(C)c1ccc(O)c(O)c1.[Na+].[OH-]. The van der Waals surface area contributed by atoms with Crippen LogP contribution in [0.5, 0.6) is 11.5 Å². The summed E-state index contributed by atoms with van der Waals surface area (Å²) in [5.41, 5.74) is 1.02. The Kier molecular flexibility index (Phi) is 6.50. The maximum atomic E-state index is 9.21. The van der Waals surface area contributed by atoms with Crippen LogP contribution in [0.15, 0.2) is 18.2 Å². The second-order valence-corrected chi connectivity index (χ2v) is 3.95. The van der Waals surface area contributed by atoms with Crippen LogP contribution in [0.25, 0.3) is 0 Å². The zero-order chi connectivity index (χ0) is 9.35. The molecule has 0 aromatic heterocycles. The van der Waals surface area contributed by atoms with Gasteiger partial charge < -0.3 is 15.7 Å². The van der Waals surface area contributed by atoms with E-state index >= 15 is 0 Å². The first-order valence-corrected chi connectivity index (χ1v) is 3.94. The van der Waals surface area contributed by atoms with E-state index in [2.05, 4.69) is 20.8 Å². The van der Waals surface area contributed by atoms with E-state index < -0.39 is 0 Å². The van der Waals surface area contributed by atoms with Crippen molar-refractivity contribution in [2.24, 2.45) is 0 Å². The molecule has 74 valence electrons. The van der Waals surface area contributed by atoms with Crippen molar-refractivity contribution in [3.8, 4) is 11.5 Å². The van der Waals surface area contributed by atoms with E-state index in [1.54, 1.807) is 6.07 Å². The third-order valence-electron chi connectivity index (χ3n) is 1.84. The summed E-state index contributed by atoms with van der Waals surface area (Å²) in [5.74, 6) is -0.120. The van der Waals surface area contributed by atoms with Crippen LogP contribution in [0, 0.1) is 0 Å². The molecule has 1 aromatic carbocycles. The van der Waals surface area contributed by atoms with Crippen molar-refractivity contribution in [3.63, 3.8) is 0 Å². The molecule has 0 aliphatic rings. The average molecular weight is 206 g/mol. The minimum absolute atomic E-state index is 0. The fraction of sp³-hybridized carbons (Fsp3) is 0.400. The predicted octanol–water partition coefficient (Wildman–Crippen LogP) is -0.778. The van der Waals surface area contributed by atoms with E-state index in [1.807, 2.05) is 6.07 Å². The van der Waals surface area contributed by atoms with E-state index in [4.69, 9.17) is 5.11 Å². The second-order valence-electron chi connectivity index (χ2n) is 3.95. The molecule has 0 radical (unpaired) electrons. The Bertz CT molecular complexity index is 292. The van der Waals surface area contributed by atoms with E-state index in [0.717, 1.165) is 5.56 Å². The Hall–Kier alpha value is -0.220. The molecule has 1 aromatic rings. The van der Waals surface area contributed by atoms with Gasteiger partial charge in [0.05, 0.1) is 0 Å². The summed E-state index contributed by atoms with van der Waals surface area (Å²) in [6.07, 6.45) is 0. The van der Waals surface area contributed by atoms with E-state index in [0.29, 0.717) is 0 Å². The monoisotopic (exact) mass is 206 g/mol. The van der Waals surface area contributed by atoms with Gasteiger partial charge in [-0.05, 0) is 23.1 Å². The Morgan fingerprint density at radius 2 is 1.50 bits per heavy atom. The van der Waals surface area contributed by atoms with E-state index in [1.165, 1.54) is 6.07 Å². The molecule has 0 spiro atoms. The molecule has 1 rings (SSSR count). The molecule has 0 saturated carbocycles. The normalized spacial score (nSPS) is 9.93. The van der Waals surface area contributed by atoms with Gasteiger partial charge in [-0.15, -0.1) is 0 Å². The first-order valence-electron chi connectivity index (χ1n) is 3.94. The molecule has 3 N–H and O–H groups in total. The molecule has 0 unspecified atom stereocenters. The molecular formula is C10H15NaO3. The number of hydrogen-bond acceptors (Lipinski definition) is 3. The summed E-state index contributed by atoms with van der Waals surface area (Å²) in [7, 11) is 0. The van der Waals surface area contributed by atoms with Crippen LogP contribution >= 0.6 is 0 Å². The molecular weight excluding hydrogens is 191 g/mol. The molecule has 4 heteroatoms. The van der Waals surface area contributed by atoms with Crippen LogP contribution in [0.4, 0.5) is 0 Å². The molecule has 0 heterocycles. The van der Waals surface area contributed by atoms with Crippen molar-refractivity contribution >= 4 is 0 Å². The number of benzene rings is 1. The van der Waals surface area contributed by atoms with Gasteiger partial charge in [-0.2, -0.15) is 0 Å². The summed E-state index contributed by atoms with van der Waals surface area (Å²) in [6.45, 7) is 6.16. The van der Waals surface area contributed by atoms with Crippen molar-refractivity contribution in [1.29, 1.82) is 0 Å². The summed E-state index contributed by atoms with van der Waals surface area (Å²) in [4.78, 5) is 0. The van der Waals surface area contributed by atoms with Crippen LogP contribution in [0.1, 0.15) is 26.3 Å². The molecule has 0 atom stereocenters. The van der Waals surface area contributed by atoms with Crippen molar-refractivity contribution in [3.05, 3.63) is 23.8 Å². The van der Waals surface area contributed by atoms with Crippen LogP contribution in [-0.4, -0.2) is 15.7 Å². The fourth-order valence-electron chi connectivity index (χ4n) is 0.990. The van der Waals surface area contributed by atoms with Crippen molar-refractivity contribution in [2.75, 3.05) is 0 Å². The maximum Gasteiger partial charge on any atom is 1.00 e. The number of phenols is 2. The van der Waals surface area contributed by atoms with E-state index in [9.17, 15) is 5.11 Å². The second kappa shape index (κ2) is 5.61. The molecule has 0 aliphatic carbocycles. The Morgan fingerprint density at radius 1 is 1.00 bits per heavy atom. The van der Waals surface area contributed by atoms with Gasteiger partial charge in [-0.3, -0.25) is 0 Å². The molecule has 0 saturated heterocycles. The molecule has 0 bridgehead atoms. The van der Waals surface area contributed by atoms with E-state index in [-0.39, 0.29) is 51.9 Å². The Morgan fingerprint density at radius 3 is 1.86 bits per heavy atom. The van der Waals surface area contributed by atoms with Crippen LogP contribution < -0.4 is 29.6 Å². The molecule has 0 amide bonds. The molecule has 3 nitrogen and oxygen atoms in total. The van der Waals surface area contributed by atoms with Gasteiger partial charge >= 0.3 is 29.6 Å². The van der Waals surface area contributed by atoms with Crippen molar-refractivity contribution in [2.45, 2.75) is 26.2 Å². The van der Waals surface area contributed by atoms with Gasteiger partial charge in [-0.1, -0.05) is 26.8 Å². The van der Waals surface area contributed by atoms with Crippen molar-refractivity contribution < 1.29 is 45.2 Å². The van der Waals surface area contributed by atoms with Gasteiger partial charge in [0.15, 0.2) is 11.5 Å². The summed E-state index contributed by atoms with van der Waals surface area (Å²) in [5, 5.41) is 18.3. The Balaban J connectivity index is 0. The summed E-state index contributed by atoms with van der Waals surface area (Å²) >= 11 is 0. The smallest absolute Gasteiger partial charge is 0.870 e. The summed E-state index contributed by atoms with van der Waals surface area (Å²) in [6, 6.07) is 4.92. The first kappa shape index (κ1) is 16.2. The average Bonchev–Trinajstić information content (AvgIpc) is 1.92. The largest absolute Gasteiger partial charge is 1.00 e. The van der Waals surface area contributed by atoms with Crippen LogP contribution in [0.2, 0.25) is 0 Å². The van der Waals surface area contributed by atoms with Gasteiger partial charge in [0.25, 0.3) is 0 Å². The number of rotatable bonds is 0.